The molecule has 26 heavy (non-hydrogen) atoms. The van der Waals surface area contributed by atoms with Crippen LogP contribution in [0.25, 0.3) is 11.6 Å². The van der Waals surface area contributed by atoms with Crippen LogP contribution in [-0.4, -0.2) is 19.6 Å². The van der Waals surface area contributed by atoms with E-state index in [1.54, 1.807) is 25.6 Å². The number of pyridine rings is 1. The van der Waals surface area contributed by atoms with Crippen LogP contribution in [0.5, 0.6) is 0 Å². The average Bonchev–Trinajstić information content (AvgIpc) is 2.96. The molecular weight excluding hydrogens is 369 g/mol. The zero-order chi connectivity index (χ0) is 18.5. The number of nitrogens with zero attached hydrogens (tertiary/aromatic N) is 3. The molecule has 4 nitrogen and oxygen atoms in total. The third-order valence-electron chi connectivity index (χ3n) is 4.83. The molecule has 1 aliphatic rings. The Morgan fingerprint density at radius 2 is 1.96 bits per heavy atom. The largest absolute Gasteiger partial charge is 0.379 e. The first-order valence-electron chi connectivity index (χ1n) is 8.21. The molecule has 2 heterocycles. The van der Waals surface area contributed by atoms with Gasteiger partial charge in [0.1, 0.15) is 5.60 Å². The van der Waals surface area contributed by atoms with E-state index in [9.17, 15) is 5.11 Å². The van der Waals surface area contributed by atoms with E-state index in [4.69, 9.17) is 23.2 Å². The van der Waals surface area contributed by atoms with Crippen LogP contribution in [-0.2, 0) is 19.1 Å². The first kappa shape index (κ1) is 17.3. The van der Waals surface area contributed by atoms with E-state index >= 15 is 0 Å². The fourth-order valence-electron chi connectivity index (χ4n) is 3.48. The standard InChI is InChI=1S/C20H17Cl2N3O/c1-20(26,19-10-23-11-25(19)2)17-6-13-5-14(21)4-3-12(13)7-18-16(17)8-15(22)9-24-18/h3-6,8-11,26H,7H2,1-2H3. The number of aliphatic hydroxyl groups is 1. The Morgan fingerprint density at radius 1 is 1.15 bits per heavy atom. The van der Waals surface area contributed by atoms with Crippen molar-refractivity contribution in [2.24, 2.45) is 7.05 Å². The highest BCUT2D eigenvalue weighted by Crippen LogP contribution is 2.41. The molecule has 0 aliphatic heterocycles. The summed E-state index contributed by atoms with van der Waals surface area (Å²) in [5.74, 6) is 0. The summed E-state index contributed by atoms with van der Waals surface area (Å²) < 4.78 is 1.81. The fourth-order valence-corrected chi connectivity index (χ4v) is 3.82. The van der Waals surface area contributed by atoms with Crippen molar-refractivity contribution >= 4 is 34.9 Å². The Hall–Kier alpha value is -2.14. The minimum atomic E-state index is -1.28. The number of hydrogen-bond donors (Lipinski definition) is 1. The maximum absolute atomic E-state index is 11.5. The fraction of sp³-hybridized carbons (Fsp3) is 0.200. The van der Waals surface area contributed by atoms with Crippen LogP contribution < -0.4 is 0 Å². The van der Waals surface area contributed by atoms with Crippen molar-refractivity contribution in [3.63, 3.8) is 0 Å². The van der Waals surface area contributed by atoms with Gasteiger partial charge in [-0.2, -0.15) is 0 Å². The van der Waals surface area contributed by atoms with E-state index in [-0.39, 0.29) is 0 Å². The molecule has 1 aliphatic carbocycles. The van der Waals surface area contributed by atoms with Gasteiger partial charge in [-0.25, -0.2) is 4.98 Å². The molecule has 4 rings (SSSR count). The summed E-state index contributed by atoms with van der Waals surface area (Å²) in [4.78, 5) is 8.68. The quantitative estimate of drug-likeness (QED) is 0.707. The Bertz CT molecular complexity index is 1040. The molecule has 132 valence electrons. The second-order valence-corrected chi connectivity index (χ2v) is 7.56. The molecule has 1 aromatic carbocycles. The number of halogens is 2. The molecule has 3 aromatic rings. The molecule has 2 aromatic heterocycles. The van der Waals surface area contributed by atoms with E-state index in [0.717, 1.165) is 22.4 Å². The lowest BCUT2D eigenvalue weighted by Crippen LogP contribution is -2.26. The molecule has 6 heteroatoms. The van der Waals surface area contributed by atoms with Gasteiger partial charge in [-0.1, -0.05) is 29.3 Å². The topological polar surface area (TPSA) is 50.9 Å². The van der Waals surface area contributed by atoms with Crippen LogP contribution in [0.4, 0.5) is 0 Å². The van der Waals surface area contributed by atoms with Gasteiger partial charge in [0.25, 0.3) is 0 Å². The first-order valence-corrected chi connectivity index (χ1v) is 8.96. The average molecular weight is 386 g/mol. The van der Waals surface area contributed by atoms with Crippen molar-refractivity contribution in [2.75, 3.05) is 0 Å². The van der Waals surface area contributed by atoms with E-state index in [1.165, 1.54) is 0 Å². The number of rotatable bonds is 2. The number of fused-ring (bicyclic) bond motifs is 2. The van der Waals surface area contributed by atoms with Crippen LogP contribution in [0.1, 0.15) is 35.0 Å². The summed E-state index contributed by atoms with van der Waals surface area (Å²) in [6.07, 6.45) is 7.58. The summed E-state index contributed by atoms with van der Waals surface area (Å²) >= 11 is 12.4. The zero-order valence-corrected chi connectivity index (χ0v) is 15.9. The number of imidazole rings is 1. The van der Waals surface area contributed by atoms with Gasteiger partial charge in [-0.15, -0.1) is 0 Å². The third kappa shape index (κ3) is 2.84. The van der Waals surface area contributed by atoms with E-state index in [2.05, 4.69) is 9.97 Å². The van der Waals surface area contributed by atoms with Crippen LogP contribution in [0.3, 0.4) is 0 Å². The van der Waals surface area contributed by atoms with Crippen molar-refractivity contribution in [1.29, 1.82) is 0 Å². The molecule has 0 saturated carbocycles. The third-order valence-corrected chi connectivity index (χ3v) is 5.27. The van der Waals surface area contributed by atoms with E-state index < -0.39 is 5.60 Å². The predicted molar refractivity (Wildman–Crippen MR) is 104 cm³/mol. The van der Waals surface area contributed by atoms with Crippen molar-refractivity contribution in [1.82, 2.24) is 14.5 Å². The number of hydrogen-bond acceptors (Lipinski definition) is 3. The van der Waals surface area contributed by atoms with Gasteiger partial charge in [0.2, 0.25) is 0 Å². The van der Waals surface area contributed by atoms with Gasteiger partial charge >= 0.3 is 0 Å². The van der Waals surface area contributed by atoms with Gasteiger partial charge in [0.15, 0.2) is 0 Å². The SMILES string of the molecule is Cn1cncc1C(C)(O)C1=Cc2cc(Cl)ccc2Cc2ncc(Cl)cc21. The van der Waals surface area contributed by atoms with Gasteiger partial charge < -0.3 is 9.67 Å². The highest BCUT2D eigenvalue weighted by atomic mass is 35.5. The summed E-state index contributed by atoms with van der Waals surface area (Å²) in [7, 11) is 1.86. The van der Waals surface area contributed by atoms with Crippen molar-refractivity contribution in [3.05, 3.63) is 81.1 Å². The molecule has 0 radical (unpaired) electrons. The van der Waals surface area contributed by atoms with Gasteiger partial charge in [0.05, 0.1) is 28.9 Å². The maximum Gasteiger partial charge on any atom is 0.129 e. The van der Waals surface area contributed by atoms with Crippen molar-refractivity contribution < 1.29 is 5.11 Å². The number of aryl methyl sites for hydroxylation is 1. The summed E-state index contributed by atoms with van der Waals surface area (Å²) in [5, 5.41) is 12.7. The second-order valence-electron chi connectivity index (χ2n) is 6.69. The lowest BCUT2D eigenvalue weighted by Gasteiger charge is -2.28. The Kier molecular flexibility index (Phi) is 4.14. The van der Waals surface area contributed by atoms with Crippen LogP contribution in [0.2, 0.25) is 10.0 Å². The summed E-state index contributed by atoms with van der Waals surface area (Å²) in [5.41, 5.74) is 3.87. The lowest BCUT2D eigenvalue weighted by atomic mass is 9.86. The second kappa shape index (κ2) is 6.23. The molecule has 1 N–H and O–H groups in total. The highest BCUT2D eigenvalue weighted by molar-refractivity contribution is 6.31. The van der Waals surface area contributed by atoms with Crippen LogP contribution in [0.15, 0.2) is 43.0 Å². The maximum atomic E-state index is 11.5. The monoisotopic (exact) mass is 385 g/mol. The van der Waals surface area contributed by atoms with Crippen LogP contribution >= 0.6 is 23.2 Å². The predicted octanol–water partition coefficient (Wildman–Crippen LogP) is 4.47. The lowest BCUT2D eigenvalue weighted by molar-refractivity contribution is 0.115. The Balaban J connectivity index is 2.01. The van der Waals surface area contributed by atoms with E-state index in [0.29, 0.717) is 27.7 Å². The van der Waals surface area contributed by atoms with Crippen LogP contribution in [0, 0.1) is 0 Å². The van der Waals surface area contributed by atoms with Gasteiger partial charge in [0, 0.05) is 30.3 Å². The minimum Gasteiger partial charge on any atom is -0.379 e. The van der Waals surface area contributed by atoms with Gasteiger partial charge in [-0.3, -0.25) is 4.98 Å². The van der Waals surface area contributed by atoms with E-state index in [1.807, 2.05) is 42.0 Å². The summed E-state index contributed by atoms with van der Waals surface area (Å²) in [6, 6.07) is 7.63. The van der Waals surface area contributed by atoms with Crippen molar-refractivity contribution in [2.45, 2.75) is 18.9 Å². The molecule has 0 saturated heterocycles. The summed E-state index contributed by atoms with van der Waals surface area (Å²) in [6.45, 7) is 1.76. The molecule has 1 unspecified atom stereocenters. The van der Waals surface area contributed by atoms with Crippen molar-refractivity contribution in [3.8, 4) is 0 Å². The normalized spacial score (nSPS) is 15.5. The zero-order valence-electron chi connectivity index (χ0n) is 14.4. The Labute approximate surface area is 161 Å². The number of aromatic nitrogens is 3. The highest BCUT2D eigenvalue weighted by Gasteiger charge is 2.34. The smallest absolute Gasteiger partial charge is 0.129 e. The molecule has 0 amide bonds. The minimum absolute atomic E-state index is 0.527. The Morgan fingerprint density at radius 3 is 2.69 bits per heavy atom. The van der Waals surface area contributed by atoms with Gasteiger partial charge in [-0.05, 0) is 47.9 Å². The molecule has 0 fully saturated rings. The number of benzene rings is 1. The molecule has 1 atom stereocenters. The molecular formula is C20H17Cl2N3O. The molecule has 0 spiro atoms. The molecule has 0 bridgehead atoms. The first-order chi connectivity index (χ1) is 12.4.